The molecular weight excluding hydrogens is 453 g/mol. The molecule has 176 valence electrons. The number of hydrogen-bond acceptors (Lipinski definition) is 6. The van der Waals surface area contributed by atoms with Crippen LogP contribution in [-0.4, -0.2) is 40.9 Å². The highest BCUT2D eigenvalue weighted by Crippen LogP contribution is 2.35. The van der Waals surface area contributed by atoms with Crippen molar-refractivity contribution in [2.45, 2.75) is 26.7 Å². The maximum atomic E-state index is 13.4. The molecule has 0 radical (unpaired) electrons. The summed E-state index contributed by atoms with van der Waals surface area (Å²) in [6.07, 6.45) is 1.71. The molecule has 1 saturated heterocycles. The zero-order valence-corrected chi connectivity index (χ0v) is 20.2. The molecule has 7 nitrogen and oxygen atoms in total. The van der Waals surface area contributed by atoms with Gasteiger partial charge in [-0.1, -0.05) is 11.3 Å². The van der Waals surface area contributed by atoms with Gasteiger partial charge in [0.2, 0.25) is 5.91 Å². The van der Waals surface area contributed by atoms with Crippen molar-refractivity contribution in [3.8, 4) is 11.4 Å². The number of carbonyl (C=O) groups is 1. The number of rotatable bonds is 5. The summed E-state index contributed by atoms with van der Waals surface area (Å²) in [4.78, 5) is 20.1. The van der Waals surface area contributed by atoms with E-state index < -0.39 is 0 Å². The highest BCUT2D eigenvalue weighted by atomic mass is 32.1. The van der Waals surface area contributed by atoms with Crippen LogP contribution in [0.3, 0.4) is 0 Å². The molecule has 1 atom stereocenters. The average Bonchev–Trinajstić information content (AvgIpc) is 3.41. The number of hydrogen-bond donors (Lipinski definition) is 1. The first kappa shape index (κ1) is 22.3. The molecule has 3 heterocycles. The minimum absolute atomic E-state index is 0.0406. The first-order valence-electron chi connectivity index (χ1n) is 11.3. The van der Waals surface area contributed by atoms with E-state index in [-0.39, 0.29) is 17.6 Å². The summed E-state index contributed by atoms with van der Waals surface area (Å²) in [6, 6.07) is 12.1. The lowest BCUT2D eigenvalue weighted by Crippen LogP contribution is -2.40. The Hall–Kier alpha value is -3.46. The predicted octanol–water partition coefficient (Wildman–Crippen LogP) is 5.10. The van der Waals surface area contributed by atoms with Gasteiger partial charge in [0, 0.05) is 18.8 Å². The molecule has 1 aliphatic rings. The Bertz CT molecular complexity index is 1350. The lowest BCUT2D eigenvalue weighted by atomic mass is 9.97. The van der Waals surface area contributed by atoms with Gasteiger partial charge in [-0.3, -0.25) is 4.79 Å². The van der Waals surface area contributed by atoms with Crippen LogP contribution in [0, 0.1) is 25.6 Å². The van der Waals surface area contributed by atoms with Crippen LogP contribution >= 0.6 is 11.3 Å². The largest absolute Gasteiger partial charge is 0.497 e. The molecule has 34 heavy (non-hydrogen) atoms. The summed E-state index contributed by atoms with van der Waals surface area (Å²) < 4.78 is 21.6. The summed E-state index contributed by atoms with van der Waals surface area (Å²) in [5, 5.41) is 8.55. The van der Waals surface area contributed by atoms with Gasteiger partial charge in [0.25, 0.3) is 0 Å². The Kier molecular flexibility index (Phi) is 5.95. The van der Waals surface area contributed by atoms with E-state index in [1.54, 1.807) is 31.4 Å². The van der Waals surface area contributed by atoms with Crippen LogP contribution in [0.5, 0.6) is 5.75 Å². The van der Waals surface area contributed by atoms with Crippen molar-refractivity contribution in [3.63, 3.8) is 0 Å². The smallest absolute Gasteiger partial charge is 0.229 e. The zero-order chi connectivity index (χ0) is 23.8. The topological polar surface area (TPSA) is 72.3 Å². The normalized spacial score (nSPS) is 16.1. The number of thiazole rings is 1. The maximum absolute atomic E-state index is 13.4. The van der Waals surface area contributed by atoms with Crippen LogP contribution in [0.1, 0.15) is 24.1 Å². The molecule has 4 aromatic rings. The molecular formula is C25H26FN5O2S. The van der Waals surface area contributed by atoms with Crippen LogP contribution in [0.4, 0.5) is 15.2 Å². The summed E-state index contributed by atoms with van der Waals surface area (Å²) in [7, 11) is 1.64. The van der Waals surface area contributed by atoms with Crippen LogP contribution in [-0.2, 0) is 4.79 Å². The number of amides is 1. The van der Waals surface area contributed by atoms with E-state index in [1.165, 1.54) is 12.1 Å². The second kappa shape index (κ2) is 9.06. The van der Waals surface area contributed by atoms with Gasteiger partial charge in [-0.25, -0.2) is 9.07 Å². The molecule has 0 unspecified atom stereocenters. The van der Waals surface area contributed by atoms with E-state index in [0.29, 0.717) is 17.8 Å². The zero-order valence-electron chi connectivity index (χ0n) is 19.3. The first-order chi connectivity index (χ1) is 16.4. The van der Waals surface area contributed by atoms with Gasteiger partial charge in [-0.2, -0.15) is 10.1 Å². The molecule has 0 saturated carbocycles. The Balaban J connectivity index is 1.36. The molecule has 1 aliphatic heterocycles. The molecule has 0 aliphatic carbocycles. The third kappa shape index (κ3) is 4.23. The molecule has 0 spiro atoms. The predicted molar refractivity (Wildman–Crippen MR) is 133 cm³/mol. The van der Waals surface area contributed by atoms with Crippen LogP contribution in [0.25, 0.3) is 16.0 Å². The van der Waals surface area contributed by atoms with Gasteiger partial charge in [0.05, 0.1) is 29.1 Å². The number of nitrogens with one attached hydrogen (secondary N) is 1. The van der Waals surface area contributed by atoms with Gasteiger partial charge in [-0.05, 0) is 74.7 Å². The molecule has 2 aromatic carbocycles. The SMILES string of the molecule is COc1ccc(-n2nc(C)c3sc(N4CCC[C@@H](C(=O)Nc5ccc(F)cc5C)C4)nc32)cc1. The number of fused-ring (bicyclic) bond motifs is 1. The Morgan fingerprint density at radius 2 is 2.00 bits per heavy atom. The van der Waals surface area contributed by atoms with E-state index >= 15 is 0 Å². The number of aromatic nitrogens is 3. The number of halogens is 1. The summed E-state index contributed by atoms with van der Waals surface area (Å²) in [5.41, 5.74) is 4.02. The molecule has 0 bridgehead atoms. The van der Waals surface area contributed by atoms with Gasteiger partial charge in [0.1, 0.15) is 11.6 Å². The molecule has 2 aromatic heterocycles. The third-order valence-electron chi connectivity index (χ3n) is 6.20. The van der Waals surface area contributed by atoms with Crippen molar-refractivity contribution in [2.24, 2.45) is 5.92 Å². The van der Waals surface area contributed by atoms with Crippen molar-refractivity contribution in [2.75, 3.05) is 30.4 Å². The fourth-order valence-corrected chi connectivity index (χ4v) is 5.35. The van der Waals surface area contributed by atoms with E-state index in [1.807, 2.05) is 35.9 Å². The highest BCUT2D eigenvalue weighted by Gasteiger charge is 2.28. The Morgan fingerprint density at radius 3 is 2.74 bits per heavy atom. The quantitative estimate of drug-likeness (QED) is 0.431. The van der Waals surface area contributed by atoms with Crippen molar-refractivity contribution >= 4 is 38.4 Å². The molecule has 1 fully saturated rings. The van der Waals surface area contributed by atoms with Crippen molar-refractivity contribution in [1.29, 1.82) is 0 Å². The lowest BCUT2D eigenvalue weighted by Gasteiger charge is -2.31. The van der Waals surface area contributed by atoms with Gasteiger partial charge in [0.15, 0.2) is 10.8 Å². The minimum Gasteiger partial charge on any atom is -0.497 e. The number of benzene rings is 2. The van der Waals surface area contributed by atoms with Crippen LogP contribution in [0.2, 0.25) is 0 Å². The molecule has 9 heteroatoms. The van der Waals surface area contributed by atoms with E-state index in [2.05, 4.69) is 15.3 Å². The monoisotopic (exact) mass is 479 g/mol. The first-order valence-corrected chi connectivity index (χ1v) is 12.1. The van der Waals surface area contributed by atoms with E-state index in [4.69, 9.17) is 9.72 Å². The van der Waals surface area contributed by atoms with Gasteiger partial charge >= 0.3 is 0 Å². The van der Waals surface area contributed by atoms with Crippen molar-refractivity contribution in [1.82, 2.24) is 14.8 Å². The lowest BCUT2D eigenvalue weighted by molar-refractivity contribution is -0.120. The number of piperidine rings is 1. The van der Waals surface area contributed by atoms with Gasteiger partial charge < -0.3 is 15.0 Å². The second-order valence-electron chi connectivity index (χ2n) is 8.58. The van der Waals surface area contributed by atoms with Crippen molar-refractivity contribution in [3.05, 3.63) is 59.5 Å². The maximum Gasteiger partial charge on any atom is 0.229 e. The Labute approximate surface area is 201 Å². The number of anilines is 2. The van der Waals surface area contributed by atoms with Crippen LogP contribution in [0.15, 0.2) is 42.5 Å². The summed E-state index contributed by atoms with van der Waals surface area (Å²) in [6.45, 7) is 5.23. The number of carbonyl (C=O) groups excluding carboxylic acids is 1. The fraction of sp³-hybridized carbons (Fsp3) is 0.320. The fourth-order valence-electron chi connectivity index (χ4n) is 4.33. The average molecular weight is 480 g/mol. The number of ether oxygens (including phenoxy) is 1. The second-order valence-corrected chi connectivity index (χ2v) is 9.56. The summed E-state index contributed by atoms with van der Waals surface area (Å²) in [5.74, 6) is 0.278. The van der Waals surface area contributed by atoms with Crippen molar-refractivity contribution < 1.29 is 13.9 Å². The summed E-state index contributed by atoms with van der Waals surface area (Å²) >= 11 is 1.61. The number of aryl methyl sites for hydroxylation is 2. The molecule has 1 N–H and O–H groups in total. The molecule has 1 amide bonds. The van der Waals surface area contributed by atoms with Crippen LogP contribution < -0.4 is 15.0 Å². The van der Waals surface area contributed by atoms with Gasteiger partial charge in [-0.15, -0.1) is 0 Å². The minimum atomic E-state index is -0.307. The van der Waals surface area contributed by atoms with E-state index in [9.17, 15) is 9.18 Å². The Morgan fingerprint density at radius 1 is 1.21 bits per heavy atom. The van der Waals surface area contributed by atoms with E-state index in [0.717, 1.165) is 52.0 Å². The molecule has 5 rings (SSSR count). The third-order valence-corrected chi connectivity index (χ3v) is 7.42. The number of nitrogens with zero attached hydrogens (tertiary/aromatic N) is 4. The highest BCUT2D eigenvalue weighted by molar-refractivity contribution is 7.22. The number of methoxy groups -OCH3 is 1. The standard InChI is InChI=1S/C25H26FN5O2S/c1-15-13-18(26)6-11-21(15)27-24(32)17-5-4-12-30(14-17)25-28-23-22(34-25)16(2)29-31(23)19-7-9-20(33-3)10-8-19/h6-11,13,17H,4-5,12,14H2,1-3H3,(H,27,32)/t17-/m1/s1.